The lowest BCUT2D eigenvalue weighted by molar-refractivity contribution is 0.414. The van der Waals surface area contributed by atoms with Gasteiger partial charge in [-0.25, -0.2) is 8.42 Å². The molecule has 0 aliphatic rings. The molecule has 0 heterocycles. The van der Waals surface area contributed by atoms with Crippen LogP contribution in [0.4, 0.5) is 0 Å². The average Bonchev–Trinajstić information content (AvgIpc) is 2.44. The third kappa shape index (κ3) is 3.48. The van der Waals surface area contributed by atoms with Crippen molar-refractivity contribution < 1.29 is 13.2 Å². The summed E-state index contributed by atoms with van der Waals surface area (Å²) >= 11 is 0. The number of ether oxygens (including phenoxy) is 1. The maximum atomic E-state index is 12.3. The Morgan fingerprint density at radius 1 is 1.21 bits per heavy atom. The molecule has 0 amide bonds. The maximum absolute atomic E-state index is 12.3. The van der Waals surface area contributed by atoms with Gasteiger partial charge in [0.2, 0.25) is 0 Å². The van der Waals surface area contributed by atoms with Crippen molar-refractivity contribution in [1.29, 1.82) is 0 Å². The Kier molecular flexibility index (Phi) is 5.38. The molecule has 108 valence electrons. The third-order valence-electron chi connectivity index (χ3n) is 3.66. The van der Waals surface area contributed by atoms with Crippen LogP contribution in [0.3, 0.4) is 0 Å². The quantitative estimate of drug-likeness (QED) is 0.870. The van der Waals surface area contributed by atoms with Crippen molar-refractivity contribution in [2.75, 3.05) is 7.11 Å². The zero-order valence-electron chi connectivity index (χ0n) is 12.0. The lowest BCUT2D eigenvalue weighted by Crippen LogP contribution is -2.36. The minimum Gasteiger partial charge on any atom is -0.497 e. The standard InChI is InChI=1S/C14H23NO3S/c1-5-10(2)19(16,17)11(3)14(15)12-6-8-13(18-4)9-7-12/h6-11,14H,5,15H2,1-4H3. The van der Waals surface area contributed by atoms with E-state index in [4.69, 9.17) is 10.5 Å². The number of nitrogens with two attached hydrogens (primary N) is 1. The minimum atomic E-state index is -3.21. The van der Waals surface area contributed by atoms with E-state index in [0.717, 1.165) is 11.3 Å². The van der Waals surface area contributed by atoms with E-state index in [1.165, 1.54) is 0 Å². The van der Waals surface area contributed by atoms with Gasteiger partial charge in [0.05, 0.1) is 17.6 Å². The van der Waals surface area contributed by atoms with Crippen LogP contribution in [0.2, 0.25) is 0 Å². The zero-order chi connectivity index (χ0) is 14.6. The molecular weight excluding hydrogens is 262 g/mol. The van der Waals surface area contributed by atoms with Crippen LogP contribution < -0.4 is 10.5 Å². The van der Waals surface area contributed by atoms with Gasteiger partial charge >= 0.3 is 0 Å². The highest BCUT2D eigenvalue weighted by atomic mass is 32.2. The molecule has 1 aromatic rings. The summed E-state index contributed by atoms with van der Waals surface area (Å²) in [7, 11) is -1.62. The van der Waals surface area contributed by atoms with Crippen LogP contribution in [0.15, 0.2) is 24.3 Å². The summed E-state index contributed by atoms with van der Waals surface area (Å²) in [5.74, 6) is 0.730. The second-order valence-corrected chi connectivity index (χ2v) is 7.54. The van der Waals surface area contributed by atoms with Gasteiger partial charge in [-0.15, -0.1) is 0 Å². The molecule has 0 aromatic heterocycles. The summed E-state index contributed by atoms with van der Waals surface area (Å²) in [6.07, 6.45) is 0.599. The molecule has 0 spiro atoms. The Balaban J connectivity index is 2.95. The van der Waals surface area contributed by atoms with Crippen molar-refractivity contribution in [3.05, 3.63) is 29.8 Å². The van der Waals surface area contributed by atoms with E-state index in [0.29, 0.717) is 6.42 Å². The summed E-state index contributed by atoms with van der Waals surface area (Å²) in [5.41, 5.74) is 6.89. The molecule has 1 rings (SSSR count). The van der Waals surface area contributed by atoms with Crippen LogP contribution in [0.1, 0.15) is 38.8 Å². The molecule has 0 aliphatic carbocycles. The lowest BCUT2D eigenvalue weighted by atomic mass is 10.1. The van der Waals surface area contributed by atoms with E-state index < -0.39 is 21.1 Å². The van der Waals surface area contributed by atoms with Crippen molar-refractivity contribution in [1.82, 2.24) is 0 Å². The van der Waals surface area contributed by atoms with Gasteiger partial charge in [0.25, 0.3) is 0 Å². The van der Waals surface area contributed by atoms with Crippen molar-refractivity contribution in [2.24, 2.45) is 5.73 Å². The maximum Gasteiger partial charge on any atom is 0.157 e. The Morgan fingerprint density at radius 3 is 2.16 bits per heavy atom. The molecule has 0 radical (unpaired) electrons. The number of benzene rings is 1. The fourth-order valence-corrected chi connectivity index (χ4v) is 3.66. The third-order valence-corrected chi connectivity index (χ3v) is 6.45. The molecule has 0 saturated carbocycles. The van der Waals surface area contributed by atoms with Crippen LogP contribution in [0, 0.1) is 0 Å². The first-order chi connectivity index (χ1) is 8.84. The van der Waals surface area contributed by atoms with Crippen molar-refractivity contribution in [2.45, 2.75) is 43.7 Å². The van der Waals surface area contributed by atoms with Gasteiger partial charge in [-0.1, -0.05) is 19.1 Å². The molecule has 19 heavy (non-hydrogen) atoms. The first kappa shape index (κ1) is 16.0. The second kappa shape index (κ2) is 6.39. The number of rotatable bonds is 6. The van der Waals surface area contributed by atoms with E-state index in [2.05, 4.69) is 0 Å². The second-order valence-electron chi connectivity index (χ2n) is 4.81. The first-order valence-electron chi connectivity index (χ1n) is 6.46. The Labute approximate surface area is 115 Å². The van der Waals surface area contributed by atoms with Crippen molar-refractivity contribution in [3.63, 3.8) is 0 Å². The fourth-order valence-electron chi connectivity index (χ4n) is 1.90. The van der Waals surface area contributed by atoms with Gasteiger partial charge in [0.15, 0.2) is 9.84 Å². The Hall–Kier alpha value is -1.07. The number of methoxy groups -OCH3 is 1. The van der Waals surface area contributed by atoms with Crippen LogP contribution in [-0.2, 0) is 9.84 Å². The van der Waals surface area contributed by atoms with E-state index in [9.17, 15) is 8.42 Å². The van der Waals surface area contributed by atoms with Crippen LogP contribution >= 0.6 is 0 Å². The molecule has 5 heteroatoms. The summed E-state index contributed by atoms with van der Waals surface area (Å²) in [4.78, 5) is 0. The summed E-state index contributed by atoms with van der Waals surface area (Å²) in [5, 5.41) is -0.970. The highest BCUT2D eigenvalue weighted by molar-refractivity contribution is 7.92. The van der Waals surface area contributed by atoms with E-state index in [1.54, 1.807) is 33.1 Å². The van der Waals surface area contributed by atoms with Crippen LogP contribution in [-0.4, -0.2) is 26.0 Å². The SMILES string of the molecule is CCC(C)S(=O)(=O)C(C)C(N)c1ccc(OC)cc1. The molecule has 0 bridgehead atoms. The molecule has 0 saturated heterocycles. The molecule has 3 atom stereocenters. The summed E-state index contributed by atoms with van der Waals surface area (Å²) in [6, 6.07) is 6.68. The summed E-state index contributed by atoms with van der Waals surface area (Å²) < 4.78 is 29.7. The van der Waals surface area contributed by atoms with Crippen LogP contribution in [0.5, 0.6) is 5.75 Å². The predicted molar refractivity (Wildman–Crippen MR) is 78.1 cm³/mol. The van der Waals surface area contributed by atoms with Gasteiger partial charge in [0.1, 0.15) is 5.75 Å². The smallest absolute Gasteiger partial charge is 0.157 e. The van der Waals surface area contributed by atoms with Gasteiger partial charge in [-0.05, 0) is 38.0 Å². The van der Waals surface area contributed by atoms with Gasteiger partial charge in [0, 0.05) is 6.04 Å². The molecule has 4 nitrogen and oxygen atoms in total. The van der Waals surface area contributed by atoms with Gasteiger partial charge in [-0.2, -0.15) is 0 Å². The highest BCUT2D eigenvalue weighted by Crippen LogP contribution is 2.25. The minimum absolute atomic E-state index is 0.369. The van der Waals surface area contributed by atoms with E-state index in [1.807, 2.05) is 19.1 Å². The largest absolute Gasteiger partial charge is 0.497 e. The molecule has 2 N–H and O–H groups in total. The van der Waals surface area contributed by atoms with Crippen molar-refractivity contribution in [3.8, 4) is 5.75 Å². The zero-order valence-corrected chi connectivity index (χ0v) is 12.8. The van der Waals surface area contributed by atoms with Gasteiger partial charge in [-0.3, -0.25) is 0 Å². The number of hydrogen-bond acceptors (Lipinski definition) is 4. The van der Waals surface area contributed by atoms with Crippen molar-refractivity contribution >= 4 is 9.84 Å². The predicted octanol–water partition coefficient (Wildman–Crippen LogP) is 2.30. The van der Waals surface area contributed by atoms with E-state index >= 15 is 0 Å². The molecule has 0 aliphatic heterocycles. The highest BCUT2D eigenvalue weighted by Gasteiger charge is 2.31. The molecule has 3 unspecified atom stereocenters. The topological polar surface area (TPSA) is 69.4 Å². The Bertz CT molecular complexity index is 496. The number of hydrogen-bond donors (Lipinski definition) is 1. The lowest BCUT2D eigenvalue weighted by Gasteiger charge is -2.23. The molecule has 0 fully saturated rings. The average molecular weight is 285 g/mol. The van der Waals surface area contributed by atoms with E-state index in [-0.39, 0.29) is 5.25 Å². The summed E-state index contributed by atoms with van der Waals surface area (Å²) in [6.45, 7) is 5.27. The molecule has 1 aromatic carbocycles. The number of sulfone groups is 1. The van der Waals surface area contributed by atoms with Gasteiger partial charge < -0.3 is 10.5 Å². The molecular formula is C14H23NO3S. The first-order valence-corrected chi connectivity index (χ1v) is 8.07. The Morgan fingerprint density at radius 2 is 1.74 bits per heavy atom. The van der Waals surface area contributed by atoms with Crippen LogP contribution in [0.25, 0.3) is 0 Å². The fraction of sp³-hybridized carbons (Fsp3) is 0.571. The normalized spacial score (nSPS) is 16.7. The monoisotopic (exact) mass is 285 g/mol.